The number of nitrogens with zero attached hydrogens (tertiary/aromatic N) is 1. The van der Waals surface area contributed by atoms with Crippen molar-refractivity contribution < 1.29 is 18.3 Å². The first-order chi connectivity index (χ1) is 15.6. The number of fused-ring (bicyclic) bond motifs is 1. The number of furan rings is 1. The van der Waals surface area contributed by atoms with E-state index in [-0.39, 0.29) is 19.0 Å². The van der Waals surface area contributed by atoms with E-state index in [1.165, 1.54) is 0 Å². The van der Waals surface area contributed by atoms with Crippen LogP contribution in [0.25, 0.3) is 22.2 Å². The Morgan fingerprint density at radius 3 is 2.72 bits per heavy atom. The number of hydrogen-bond acceptors (Lipinski definition) is 6. The molecule has 0 aliphatic rings. The number of rotatable bonds is 8. The van der Waals surface area contributed by atoms with Crippen LogP contribution >= 0.6 is 12.2 Å². The van der Waals surface area contributed by atoms with Gasteiger partial charge in [0, 0.05) is 41.3 Å². The Morgan fingerprint density at radius 2 is 1.91 bits per heavy atom. The standard InChI is InChI=1S/C25H23FN2O3S/c1-2-29-23(32)12-16-6-3-4-9-22(16)31-15-18-13-20(25-21(28-18)10-11-30-25)19-8-5-7-17(14-27)24(19)26/h3-11,13H,2,12,14-15,27H2,1H3. The molecule has 2 heterocycles. The second-order valence-electron chi connectivity index (χ2n) is 7.16. The first-order valence-corrected chi connectivity index (χ1v) is 10.7. The maximum atomic E-state index is 15.0. The molecule has 5 nitrogen and oxygen atoms in total. The van der Waals surface area contributed by atoms with Gasteiger partial charge in [-0.05, 0) is 31.3 Å². The zero-order valence-corrected chi connectivity index (χ0v) is 18.5. The molecule has 0 bridgehead atoms. The highest BCUT2D eigenvalue weighted by Gasteiger charge is 2.17. The molecule has 0 amide bonds. The van der Waals surface area contributed by atoms with Crippen molar-refractivity contribution in [1.29, 1.82) is 0 Å². The first-order valence-electron chi connectivity index (χ1n) is 10.3. The fourth-order valence-electron chi connectivity index (χ4n) is 3.54. The van der Waals surface area contributed by atoms with E-state index in [4.69, 9.17) is 31.8 Å². The third-order valence-corrected chi connectivity index (χ3v) is 5.30. The number of thiocarbonyl (C=S) groups is 1. The van der Waals surface area contributed by atoms with Gasteiger partial charge in [0.1, 0.15) is 23.7 Å². The molecule has 0 atom stereocenters. The zero-order chi connectivity index (χ0) is 22.5. The predicted octanol–water partition coefficient (Wildman–Crippen LogP) is 5.58. The van der Waals surface area contributed by atoms with E-state index in [0.717, 1.165) is 5.56 Å². The second kappa shape index (κ2) is 9.89. The number of benzene rings is 2. The lowest BCUT2D eigenvalue weighted by Crippen LogP contribution is -2.07. The summed E-state index contributed by atoms with van der Waals surface area (Å²) in [5.41, 5.74) is 9.87. The van der Waals surface area contributed by atoms with E-state index in [9.17, 15) is 0 Å². The summed E-state index contributed by atoms with van der Waals surface area (Å²) in [4.78, 5) is 4.61. The predicted molar refractivity (Wildman–Crippen MR) is 126 cm³/mol. The summed E-state index contributed by atoms with van der Waals surface area (Å²) in [6.07, 6.45) is 2.02. The molecule has 0 saturated carbocycles. The fourth-order valence-corrected chi connectivity index (χ4v) is 3.81. The Bertz CT molecular complexity index is 1260. The van der Waals surface area contributed by atoms with Gasteiger partial charge in [0.05, 0.1) is 18.6 Å². The quantitative estimate of drug-likeness (QED) is 0.354. The molecule has 0 fully saturated rings. The summed E-state index contributed by atoms with van der Waals surface area (Å²) < 4.78 is 32.1. The number of para-hydroxylation sites is 1. The van der Waals surface area contributed by atoms with Crippen LogP contribution in [0.15, 0.2) is 65.3 Å². The maximum absolute atomic E-state index is 15.0. The molecular weight excluding hydrogens is 427 g/mol. The first kappa shape index (κ1) is 21.9. The molecule has 0 aliphatic carbocycles. The molecule has 2 aromatic heterocycles. The van der Waals surface area contributed by atoms with Gasteiger partial charge in [-0.25, -0.2) is 9.37 Å². The van der Waals surface area contributed by atoms with Crippen molar-refractivity contribution in [3.8, 4) is 16.9 Å². The molecule has 2 aromatic carbocycles. The van der Waals surface area contributed by atoms with Gasteiger partial charge in [-0.3, -0.25) is 0 Å². The number of halogens is 1. The van der Waals surface area contributed by atoms with E-state index in [0.29, 0.717) is 57.3 Å². The van der Waals surface area contributed by atoms with E-state index in [1.54, 1.807) is 36.6 Å². The largest absolute Gasteiger partial charge is 0.487 e. The topological polar surface area (TPSA) is 70.5 Å². The third-order valence-electron chi connectivity index (χ3n) is 5.04. The summed E-state index contributed by atoms with van der Waals surface area (Å²) >= 11 is 5.27. The minimum absolute atomic E-state index is 0.114. The number of ether oxygens (including phenoxy) is 2. The minimum Gasteiger partial charge on any atom is -0.487 e. The average Bonchev–Trinajstić information content (AvgIpc) is 3.27. The number of aromatic nitrogens is 1. The van der Waals surface area contributed by atoms with Crippen LogP contribution < -0.4 is 10.5 Å². The van der Waals surface area contributed by atoms with E-state index < -0.39 is 0 Å². The van der Waals surface area contributed by atoms with Crippen LogP contribution in [0.5, 0.6) is 5.75 Å². The smallest absolute Gasteiger partial charge is 0.164 e. The highest BCUT2D eigenvalue weighted by Crippen LogP contribution is 2.33. The van der Waals surface area contributed by atoms with E-state index >= 15 is 4.39 Å². The Morgan fingerprint density at radius 1 is 1.09 bits per heavy atom. The van der Waals surface area contributed by atoms with Crippen LogP contribution in [-0.2, 0) is 24.3 Å². The summed E-state index contributed by atoms with van der Waals surface area (Å²) in [5, 5.41) is 0.513. The van der Waals surface area contributed by atoms with Crippen LogP contribution in [0, 0.1) is 5.82 Å². The molecule has 0 unspecified atom stereocenters. The zero-order valence-electron chi connectivity index (χ0n) is 17.6. The monoisotopic (exact) mass is 450 g/mol. The lowest BCUT2D eigenvalue weighted by atomic mass is 10.0. The Kier molecular flexibility index (Phi) is 6.78. The SMILES string of the molecule is CCOC(=S)Cc1ccccc1OCc1cc(-c2cccc(CN)c2F)c2occc2n1. The summed E-state index contributed by atoms with van der Waals surface area (Å²) in [5.74, 6) is 0.335. The molecule has 0 aliphatic heterocycles. The van der Waals surface area contributed by atoms with Crippen LogP contribution in [0.3, 0.4) is 0 Å². The highest BCUT2D eigenvalue weighted by atomic mass is 32.1. The van der Waals surface area contributed by atoms with Gasteiger partial charge in [0.15, 0.2) is 10.6 Å². The van der Waals surface area contributed by atoms with Gasteiger partial charge < -0.3 is 19.6 Å². The molecular formula is C25H23FN2O3S. The molecule has 2 N–H and O–H groups in total. The lowest BCUT2D eigenvalue weighted by Gasteiger charge is -2.13. The molecule has 4 aromatic rings. The van der Waals surface area contributed by atoms with E-state index in [1.807, 2.05) is 31.2 Å². The van der Waals surface area contributed by atoms with Crippen LogP contribution in [-0.4, -0.2) is 16.6 Å². The summed E-state index contributed by atoms with van der Waals surface area (Å²) in [7, 11) is 0. The lowest BCUT2D eigenvalue weighted by molar-refractivity contribution is 0.297. The average molecular weight is 451 g/mol. The minimum atomic E-state index is -0.361. The van der Waals surface area contributed by atoms with Gasteiger partial charge in [-0.15, -0.1) is 0 Å². The van der Waals surface area contributed by atoms with Gasteiger partial charge in [0.25, 0.3) is 0 Å². The molecule has 164 valence electrons. The van der Waals surface area contributed by atoms with Crippen LogP contribution in [0.4, 0.5) is 4.39 Å². The van der Waals surface area contributed by atoms with Gasteiger partial charge in [-0.1, -0.05) is 36.4 Å². The van der Waals surface area contributed by atoms with Crippen molar-refractivity contribution in [3.05, 3.63) is 83.5 Å². The Hall–Kier alpha value is -3.29. The van der Waals surface area contributed by atoms with Crippen LogP contribution in [0.1, 0.15) is 23.7 Å². The molecule has 0 radical (unpaired) electrons. The maximum Gasteiger partial charge on any atom is 0.164 e. The second-order valence-corrected chi connectivity index (χ2v) is 7.61. The van der Waals surface area contributed by atoms with Crippen molar-refractivity contribution in [2.45, 2.75) is 26.5 Å². The molecule has 32 heavy (non-hydrogen) atoms. The van der Waals surface area contributed by atoms with E-state index in [2.05, 4.69) is 4.98 Å². The van der Waals surface area contributed by atoms with Gasteiger partial charge in [0.2, 0.25) is 0 Å². The molecule has 4 rings (SSSR count). The number of pyridine rings is 1. The van der Waals surface area contributed by atoms with Crippen molar-refractivity contribution in [1.82, 2.24) is 4.98 Å². The fraction of sp³-hybridized carbons (Fsp3) is 0.200. The molecule has 7 heteroatoms. The molecule has 0 saturated heterocycles. The number of hydrogen-bond donors (Lipinski definition) is 1. The normalized spacial score (nSPS) is 11.0. The van der Waals surface area contributed by atoms with Crippen molar-refractivity contribution in [3.63, 3.8) is 0 Å². The van der Waals surface area contributed by atoms with Crippen molar-refractivity contribution in [2.24, 2.45) is 5.73 Å². The highest BCUT2D eigenvalue weighted by molar-refractivity contribution is 7.80. The summed E-state index contributed by atoms with van der Waals surface area (Å²) in [6, 6.07) is 16.4. The Balaban J connectivity index is 1.65. The molecule has 0 spiro atoms. The number of nitrogens with two attached hydrogens (primary N) is 1. The van der Waals surface area contributed by atoms with Crippen LogP contribution in [0.2, 0.25) is 0 Å². The van der Waals surface area contributed by atoms with Crippen molar-refractivity contribution in [2.75, 3.05) is 6.61 Å². The van der Waals surface area contributed by atoms with Crippen molar-refractivity contribution >= 4 is 28.4 Å². The Labute approximate surface area is 191 Å². The van der Waals surface area contributed by atoms with Gasteiger partial charge in [-0.2, -0.15) is 0 Å². The van der Waals surface area contributed by atoms with Gasteiger partial charge >= 0.3 is 0 Å². The summed E-state index contributed by atoms with van der Waals surface area (Å²) in [6.45, 7) is 2.74. The third kappa shape index (κ3) is 4.64.